The van der Waals surface area contributed by atoms with Crippen molar-refractivity contribution >= 4 is 33.6 Å². The van der Waals surface area contributed by atoms with Crippen molar-refractivity contribution in [3.63, 3.8) is 0 Å². The highest BCUT2D eigenvalue weighted by molar-refractivity contribution is 7.89. The molecule has 31 heavy (non-hydrogen) atoms. The van der Waals surface area contributed by atoms with E-state index in [0.29, 0.717) is 44.1 Å². The molecule has 1 saturated carbocycles. The number of nitrogens with zero attached hydrogens (tertiary/aromatic N) is 1. The molecule has 8 nitrogen and oxygen atoms in total. The van der Waals surface area contributed by atoms with Crippen LogP contribution in [0.3, 0.4) is 0 Å². The van der Waals surface area contributed by atoms with Crippen LogP contribution in [0, 0.1) is 11.7 Å². The van der Waals surface area contributed by atoms with E-state index >= 15 is 0 Å². The first-order valence-electron chi connectivity index (χ1n) is 10.3. The smallest absolute Gasteiger partial charge is 0.324 e. The van der Waals surface area contributed by atoms with Gasteiger partial charge in [-0.25, -0.2) is 22.3 Å². The number of benzene rings is 1. The number of rotatable bonds is 12. The maximum Gasteiger partial charge on any atom is 0.324 e. The zero-order valence-electron chi connectivity index (χ0n) is 17.3. The maximum absolute atomic E-state index is 14.4. The van der Waals surface area contributed by atoms with Crippen molar-refractivity contribution < 1.29 is 27.1 Å². The van der Waals surface area contributed by atoms with E-state index in [9.17, 15) is 22.4 Å². The molecule has 1 atom stereocenters. The van der Waals surface area contributed by atoms with Gasteiger partial charge in [-0.15, -0.1) is 0 Å². The molecule has 0 spiro atoms. The summed E-state index contributed by atoms with van der Waals surface area (Å²) >= 11 is 6.05. The Morgan fingerprint density at radius 3 is 2.68 bits per heavy atom. The van der Waals surface area contributed by atoms with Crippen LogP contribution in [-0.2, 0) is 14.8 Å². The van der Waals surface area contributed by atoms with Crippen LogP contribution in [0.4, 0.5) is 9.18 Å². The highest BCUT2D eigenvalue weighted by atomic mass is 35.5. The third-order valence-electron chi connectivity index (χ3n) is 5.25. The lowest BCUT2D eigenvalue weighted by molar-refractivity contribution is -0.118. The number of carbonyl (C=O) groups is 2. The molecule has 2 aliphatic rings. The minimum atomic E-state index is -3.64. The summed E-state index contributed by atoms with van der Waals surface area (Å²) in [4.78, 5) is 24.0. The van der Waals surface area contributed by atoms with Crippen molar-refractivity contribution in [1.82, 2.24) is 14.9 Å². The van der Waals surface area contributed by atoms with Gasteiger partial charge in [-0.1, -0.05) is 18.0 Å². The number of ether oxygens (including phenoxy) is 1. The van der Waals surface area contributed by atoms with Gasteiger partial charge in [0.1, 0.15) is 18.1 Å². The van der Waals surface area contributed by atoms with Crippen molar-refractivity contribution in [1.29, 1.82) is 0 Å². The Labute approximate surface area is 186 Å². The van der Waals surface area contributed by atoms with Crippen molar-refractivity contribution in [3.05, 3.63) is 28.5 Å². The summed E-state index contributed by atoms with van der Waals surface area (Å²) in [7, 11) is -3.64. The van der Waals surface area contributed by atoms with Gasteiger partial charge in [0, 0.05) is 18.2 Å². The summed E-state index contributed by atoms with van der Waals surface area (Å²) in [6, 6.07) is 1.39. The van der Waals surface area contributed by atoms with Crippen molar-refractivity contribution in [2.45, 2.75) is 45.1 Å². The first kappa shape index (κ1) is 23.7. The van der Waals surface area contributed by atoms with Gasteiger partial charge < -0.3 is 9.64 Å². The molecule has 0 radical (unpaired) electrons. The Balaban J connectivity index is 1.47. The van der Waals surface area contributed by atoms with E-state index in [4.69, 9.17) is 16.3 Å². The average Bonchev–Trinajstić information content (AvgIpc) is 3.44. The second-order valence-electron chi connectivity index (χ2n) is 8.05. The molecular formula is C20H27ClFN3O5S. The number of amides is 3. The normalized spacial score (nSPS) is 17.7. The van der Waals surface area contributed by atoms with E-state index in [2.05, 4.69) is 10.0 Å². The summed E-state index contributed by atoms with van der Waals surface area (Å²) in [6.45, 7) is 2.51. The number of halogens is 2. The van der Waals surface area contributed by atoms with E-state index in [1.54, 1.807) is 6.92 Å². The van der Waals surface area contributed by atoms with Crippen LogP contribution < -0.4 is 14.8 Å². The van der Waals surface area contributed by atoms with Gasteiger partial charge in [0.05, 0.1) is 17.4 Å². The van der Waals surface area contributed by atoms with E-state index in [-0.39, 0.29) is 28.8 Å². The number of unbranched alkanes of at least 4 members (excludes halogenated alkanes) is 2. The molecular weight excluding hydrogens is 449 g/mol. The summed E-state index contributed by atoms with van der Waals surface area (Å²) in [5.41, 5.74) is 0.170. The predicted molar refractivity (Wildman–Crippen MR) is 114 cm³/mol. The quantitative estimate of drug-likeness (QED) is 0.357. The Morgan fingerprint density at radius 1 is 1.29 bits per heavy atom. The van der Waals surface area contributed by atoms with Crippen molar-refractivity contribution in [3.8, 4) is 5.75 Å². The van der Waals surface area contributed by atoms with Crippen molar-refractivity contribution in [2.75, 3.05) is 25.4 Å². The van der Waals surface area contributed by atoms with Crippen LogP contribution in [0.1, 0.15) is 50.6 Å². The minimum Gasteiger partial charge on any atom is -0.492 e. The van der Waals surface area contributed by atoms with Crippen LogP contribution in [-0.4, -0.2) is 50.7 Å². The largest absolute Gasteiger partial charge is 0.492 e. The average molecular weight is 476 g/mol. The maximum atomic E-state index is 14.4. The molecule has 1 aromatic carbocycles. The summed E-state index contributed by atoms with van der Waals surface area (Å²) in [5.74, 6) is -0.206. The fourth-order valence-electron chi connectivity index (χ4n) is 3.31. The molecule has 3 amide bonds. The van der Waals surface area contributed by atoms with Crippen LogP contribution >= 0.6 is 11.6 Å². The molecule has 3 rings (SSSR count). The Bertz CT molecular complexity index is 939. The van der Waals surface area contributed by atoms with Gasteiger partial charge >= 0.3 is 6.03 Å². The Hall–Kier alpha value is -1.91. The van der Waals surface area contributed by atoms with Gasteiger partial charge in [-0.3, -0.25) is 10.1 Å². The third-order valence-corrected chi connectivity index (χ3v) is 7.09. The second kappa shape index (κ2) is 10.1. The second-order valence-corrected chi connectivity index (χ2v) is 10.3. The number of imide groups is 1. The van der Waals surface area contributed by atoms with Gasteiger partial charge in [-0.05, 0) is 50.7 Å². The Kier molecular flexibility index (Phi) is 7.77. The molecule has 0 bridgehead atoms. The first-order chi connectivity index (χ1) is 14.6. The SMILES string of the molecule is C[C@@H](NS(=O)(=O)CCCCCN1CC(=O)NC1=O)c1cc(OCC2CC2)c(Cl)cc1F. The minimum absolute atomic E-state index is 0.0369. The predicted octanol–water partition coefficient (Wildman–Crippen LogP) is 2.97. The molecule has 1 aliphatic heterocycles. The fourth-order valence-corrected chi connectivity index (χ4v) is 4.88. The molecule has 1 aromatic rings. The summed E-state index contributed by atoms with van der Waals surface area (Å²) < 4.78 is 47.4. The molecule has 1 aliphatic carbocycles. The fraction of sp³-hybridized carbons (Fsp3) is 0.600. The van der Waals surface area contributed by atoms with Gasteiger partial charge in [-0.2, -0.15) is 0 Å². The zero-order chi connectivity index (χ0) is 22.6. The van der Waals surface area contributed by atoms with Crippen molar-refractivity contribution in [2.24, 2.45) is 5.92 Å². The first-order valence-corrected chi connectivity index (χ1v) is 12.4. The third kappa shape index (κ3) is 7.05. The number of nitrogens with one attached hydrogen (secondary N) is 2. The summed E-state index contributed by atoms with van der Waals surface area (Å²) in [5, 5.41) is 2.35. The van der Waals surface area contributed by atoms with E-state index < -0.39 is 27.9 Å². The summed E-state index contributed by atoms with van der Waals surface area (Å²) in [6.07, 6.45) is 3.74. The highest BCUT2D eigenvalue weighted by Gasteiger charge is 2.26. The lowest BCUT2D eigenvalue weighted by Gasteiger charge is -2.18. The number of hydrogen-bond acceptors (Lipinski definition) is 5. The lowest BCUT2D eigenvalue weighted by Crippen LogP contribution is -2.30. The van der Waals surface area contributed by atoms with E-state index in [1.807, 2.05) is 0 Å². The van der Waals surface area contributed by atoms with Gasteiger partial charge in [0.15, 0.2) is 0 Å². The van der Waals surface area contributed by atoms with Crippen LogP contribution in [0.25, 0.3) is 0 Å². The van der Waals surface area contributed by atoms with Gasteiger partial charge in [0.25, 0.3) is 0 Å². The lowest BCUT2D eigenvalue weighted by atomic mass is 10.1. The van der Waals surface area contributed by atoms with Gasteiger partial charge in [0.2, 0.25) is 15.9 Å². The number of carbonyl (C=O) groups excluding carboxylic acids is 2. The number of urea groups is 1. The Morgan fingerprint density at radius 2 is 2.03 bits per heavy atom. The number of sulfonamides is 1. The van der Waals surface area contributed by atoms with E-state index in [1.165, 1.54) is 11.0 Å². The van der Waals surface area contributed by atoms with E-state index in [0.717, 1.165) is 18.9 Å². The molecule has 11 heteroatoms. The standard InChI is InChI=1S/C20H27ClFN3O5S/c1-13(15-9-18(16(21)10-17(15)22)30-12-14-5-6-14)24-31(28,29)8-4-2-3-7-25-11-19(26)23-20(25)27/h9-10,13-14,24H,2-8,11-12H2,1H3,(H,23,26,27)/t13-/m1/s1. The topological polar surface area (TPSA) is 105 Å². The van der Waals surface area contributed by atoms with Crippen LogP contribution in [0.5, 0.6) is 5.75 Å². The molecule has 172 valence electrons. The molecule has 2 fully saturated rings. The molecule has 0 unspecified atom stereocenters. The number of hydrogen-bond donors (Lipinski definition) is 2. The van der Waals surface area contributed by atoms with Crippen LogP contribution in [0.2, 0.25) is 5.02 Å². The highest BCUT2D eigenvalue weighted by Crippen LogP contribution is 2.34. The monoisotopic (exact) mass is 475 g/mol. The molecule has 1 saturated heterocycles. The molecule has 1 heterocycles. The molecule has 2 N–H and O–H groups in total. The molecule has 0 aromatic heterocycles. The van der Waals surface area contributed by atoms with Crippen LogP contribution in [0.15, 0.2) is 12.1 Å². The zero-order valence-corrected chi connectivity index (χ0v) is 18.9.